The van der Waals surface area contributed by atoms with Crippen molar-refractivity contribution in [3.8, 4) is 0 Å². The summed E-state index contributed by atoms with van der Waals surface area (Å²) < 4.78 is 2.35. The minimum atomic E-state index is 0.813. The standard InChI is InChI=1S/C17H26N4/c18-9-3-1-2-4-12-21-13-5-6-17(21)15-20-14-16-7-10-19-11-8-16/h5-8,10-11,13,20H,1-4,9,12,14-15,18H2. The van der Waals surface area contributed by atoms with E-state index in [0.29, 0.717) is 0 Å². The molecule has 114 valence electrons. The van der Waals surface area contributed by atoms with E-state index in [1.54, 1.807) is 0 Å². The van der Waals surface area contributed by atoms with Crippen molar-refractivity contribution < 1.29 is 0 Å². The van der Waals surface area contributed by atoms with Gasteiger partial charge < -0.3 is 15.6 Å². The average molecular weight is 286 g/mol. The number of rotatable bonds is 10. The van der Waals surface area contributed by atoms with Gasteiger partial charge in [0, 0.05) is 43.9 Å². The van der Waals surface area contributed by atoms with Gasteiger partial charge in [-0.05, 0) is 49.2 Å². The van der Waals surface area contributed by atoms with E-state index >= 15 is 0 Å². The molecule has 21 heavy (non-hydrogen) atoms. The monoisotopic (exact) mass is 286 g/mol. The van der Waals surface area contributed by atoms with Gasteiger partial charge in [0.05, 0.1) is 0 Å². The van der Waals surface area contributed by atoms with Crippen molar-refractivity contribution in [2.75, 3.05) is 6.54 Å². The van der Waals surface area contributed by atoms with Gasteiger partial charge in [-0.3, -0.25) is 4.98 Å². The Morgan fingerprint density at radius 2 is 1.81 bits per heavy atom. The highest BCUT2D eigenvalue weighted by Crippen LogP contribution is 2.07. The van der Waals surface area contributed by atoms with Gasteiger partial charge in [0.15, 0.2) is 0 Å². The molecule has 0 unspecified atom stereocenters. The maximum Gasteiger partial charge on any atom is 0.0362 e. The summed E-state index contributed by atoms with van der Waals surface area (Å²) in [5, 5.41) is 3.49. The number of nitrogens with two attached hydrogens (primary N) is 1. The molecule has 0 aromatic carbocycles. The molecule has 2 aromatic heterocycles. The van der Waals surface area contributed by atoms with Crippen LogP contribution in [0.5, 0.6) is 0 Å². The van der Waals surface area contributed by atoms with Gasteiger partial charge in [0.1, 0.15) is 0 Å². The van der Waals surface area contributed by atoms with Crippen molar-refractivity contribution in [3.05, 3.63) is 54.1 Å². The van der Waals surface area contributed by atoms with Crippen LogP contribution in [0.2, 0.25) is 0 Å². The van der Waals surface area contributed by atoms with Gasteiger partial charge in [-0.1, -0.05) is 12.8 Å². The molecule has 2 aromatic rings. The van der Waals surface area contributed by atoms with Crippen LogP contribution < -0.4 is 11.1 Å². The third-order valence-electron chi connectivity index (χ3n) is 3.66. The Labute approximate surface area is 127 Å². The van der Waals surface area contributed by atoms with E-state index in [1.807, 2.05) is 24.5 Å². The number of hydrogen-bond donors (Lipinski definition) is 2. The molecule has 0 amide bonds. The van der Waals surface area contributed by atoms with Crippen molar-refractivity contribution in [1.29, 1.82) is 0 Å². The maximum atomic E-state index is 5.51. The topological polar surface area (TPSA) is 55.9 Å². The summed E-state index contributed by atoms with van der Waals surface area (Å²) in [5.41, 5.74) is 8.13. The van der Waals surface area contributed by atoms with E-state index in [2.05, 4.69) is 33.2 Å². The highest BCUT2D eigenvalue weighted by atomic mass is 15.0. The molecular weight excluding hydrogens is 260 g/mol. The summed E-state index contributed by atoms with van der Waals surface area (Å²) >= 11 is 0. The Kier molecular flexibility index (Phi) is 6.98. The van der Waals surface area contributed by atoms with Crippen LogP contribution in [0.4, 0.5) is 0 Å². The Balaban J connectivity index is 1.70. The van der Waals surface area contributed by atoms with Crippen LogP contribution >= 0.6 is 0 Å². The van der Waals surface area contributed by atoms with E-state index in [1.165, 1.54) is 30.5 Å². The Bertz CT molecular complexity index is 493. The average Bonchev–Trinajstić information content (AvgIpc) is 2.96. The van der Waals surface area contributed by atoms with E-state index in [4.69, 9.17) is 5.73 Å². The zero-order valence-corrected chi connectivity index (χ0v) is 12.7. The van der Waals surface area contributed by atoms with Crippen molar-refractivity contribution in [2.24, 2.45) is 5.73 Å². The second kappa shape index (κ2) is 9.32. The fourth-order valence-electron chi connectivity index (χ4n) is 2.44. The molecular formula is C17H26N4. The first-order valence-corrected chi connectivity index (χ1v) is 7.84. The summed E-state index contributed by atoms with van der Waals surface area (Å²) in [6.07, 6.45) is 10.7. The zero-order chi connectivity index (χ0) is 14.8. The normalized spacial score (nSPS) is 10.9. The van der Waals surface area contributed by atoms with Crippen LogP contribution in [0, 0.1) is 0 Å². The van der Waals surface area contributed by atoms with Gasteiger partial charge in [0.2, 0.25) is 0 Å². The minimum absolute atomic E-state index is 0.813. The number of unbranched alkanes of at least 4 members (excludes halogenated alkanes) is 3. The first kappa shape index (κ1) is 15.7. The Morgan fingerprint density at radius 3 is 2.62 bits per heavy atom. The van der Waals surface area contributed by atoms with Gasteiger partial charge in [-0.2, -0.15) is 0 Å². The first-order chi connectivity index (χ1) is 10.4. The predicted octanol–water partition coefficient (Wildman–Crippen LogP) is 2.69. The molecule has 0 bridgehead atoms. The van der Waals surface area contributed by atoms with Crippen molar-refractivity contribution in [3.63, 3.8) is 0 Å². The minimum Gasteiger partial charge on any atom is -0.350 e. The summed E-state index contributed by atoms with van der Waals surface area (Å²) in [6, 6.07) is 8.41. The number of aryl methyl sites for hydroxylation is 1. The third-order valence-corrected chi connectivity index (χ3v) is 3.66. The highest BCUT2D eigenvalue weighted by molar-refractivity contribution is 5.10. The lowest BCUT2D eigenvalue weighted by Crippen LogP contribution is -2.15. The number of pyridine rings is 1. The van der Waals surface area contributed by atoms with Crippen LogP contribution in [0.15, 0.2) is 42.9 Å². The molecule has 4 heteroatoms. The van der Waals surface area contributed by atoms with Crippen LogP contribution in [-0.2, 0) is 19.6 Å². The van der Waals surface area contributed by atoms with Crippen molar-refractivity contribution in [1.82, 2.24) is 14.9 Å². The third kappa shape index (κ3) is 5.69. The van der Waals surface area contributed by atoms with Gasteiger partial charge in [-0.25, -0.2) is 0 Å². The molecule has 2 rings (SSSR count). The van der Waals surface area contributed by atoms with E-state index in [9.17, 15) is 0 Å². The Hall–Kier alpha value is -1.65. The molecule has 4 nitrogen and oxygen atoms in total. The second-order valence-corrected chi connectivity index (χ2v) is 5.35. The van der Waals surface area contributed by atoms with Crippen LogP contribution in [0.25, 0.3) is 0 Å². The van der Waals surface area contributed by atoms with E-state index in [0.717, 1.165) is 32.6 Å². The molecule has 0 aliphatic heterocycles. The Morgan fingerprint density at radius 1 is 1.00 bits per heavy atom. The summed E-state index contributed by atoms with van der Waals surface area (Å²) in [4.78, 5) is 4.03. The lowest BCUT2D eigenvalue weighted by molar-refractivity contribution is 0.549. The van der Waals surface area contributed by atoms with Gasteiger partial charge in [0.25, 0.3) is 0 Å². The van der Waals surface area contributed by atoms with Crippen LogP contribution in [-0.4, -0.2) is 16.1 Å². The van der Waals surface area contributed by atoms with Crippen molar-refractivity contribution >= 4 is 0 Å². The SMILES string of the molecule is NCCCCCCn1cccc1CNCc1ccncc1. The van der Waals surface area contributed by atoms with E-state index in [-0.39, 0.29) is 0 Å². The maximum absolute atomic E-state index is 5.51. The number of nitrogens with one attached hydrogen (secondary N) is 1. The molecule has 0 aliphatic rings. The first-order valence-electron chi connectivity index (χ1n) is 7.84. The molecule has 0 saturated carbocycles. The van der Waals surface area contributed by atoms with Crippen LogP contribution in [0.1, 0.15) is 36.9 Å². The molecule has 0 atom stereocenters. The molecule has 3 N–H and O–H groups in total. The summed E-state index contributed by atoms with van der Waals surface area (Å²) in [7, 11) is 0. The number of hydrogen-bond acceptors (Lipinski definition) is 3. The molecule has 0 fully saturated rings. The predicted molar refractivity (Wildman–Crippen MR) is 86.7 cm³/mol. The van der Waals surface area contributed by atoms with Gasteiger partial charge >= 0.3 is 0 Å². The summed E-state index contributed by atoms with van der Waals surface area (Å²) in [5.74, 6) is 0. The molecule has 0 saturated heterocycles. The number of aromatic nitrogens is 2. The molecule has 0 radical (unpaired) electrons. The lowest BCUT2D eigenvalue weighted by Gasteiger charge is -2.10. The molecule has 0 aliphatic carbocycles. The fraction of sp³-hybridized carbons (Fsp3) is 0.471. The smallest absolute Gasteiger partial charge is 0.0362 e. The largest absolute Gasteiger partial charge is 0.350 e. The quantitative estimate of drug-likeness (QED) is 0.660. The zero-order valence-electron chi connectivity index (χ0n) is 12.7. The van der Waals surface area contributed by atoms with Crippen molar-refractivity contribution in [2.45, 2.75) is 45.3 Å². The van der Waals surface area contributed by atoms with E-state index < -0.39 is 0 Å². The second-order valence-electron chi connectivity index (χ2n) is 5.35. The summed E-state index contributed by atoms with van der Waals surface area (Å²) in [6.45, 7) is 3.69. The lowest BCUT2D eigenvalue weighted by atomic mass is 10.2. The van der Waals surface area contributed by atoms with Gasteiger partial charge in [-0.15, -0.1) is 0 Å². The highest BCUT2D eigenvalue weighted by Gasteiger charge is 2.00. The fourth-order valence-corrected chi connectivity index (χ4v) is 2.44. The number of nitrogens with zero attached hydrogens (tertiary/aromatic N) is 2. The molecule has 0 spiro atoms. The molecule has 2 heterocycles. The van der Waals surface area contributed by atoms with Crippen LogP contribution in [0.3, 0.4) is 0 Å².